The number of rotatable bonds is 5. The third kappa shape index (κ3) is 3.58. The van der Waals surface area contributed by atoms with E-state index in [1.807, 2.05) is 24.3 Å². The van der Waals surface area contributed by atoms with Crippen molar-refractivity contribution >= 4 is 27.1 Å². The number of hydrogen-bond donors (Lipinski definition) is 1. The lowest BCUT2D eigenvalue weighted by Gasteiger charge is -2.15. The van der Waals surface area contributed by atoms with Gasteiger partial charge in [-0.1, -0.05) is 12.1 Å². The molecule has 0 aliphatic carbocycles. The van der Waals surface area contributed by atoms with Gasteiger partial charge in [0.2, 0.25) is 5.78 Å². The zero-order chi connectivity index (χ0) is 18.9. The molecule has 3 aromatic rings. The van der Waals surface area contributed by atoms with E-state index >= 15 is 0 Å². The first-order chi connectivity index (χ1) is 13.0. The highest BCUT2D eigenvalue weighted by Gasteiger charge is 2.26. The summed E-state index contributed by atoms with van der Waals surface area (Å²) in [6.07, 6.45) is 7.33. The lowest BCUT2D eigenvalue weighted by molar-refractivity contribution is 0.0950. The Morgan fingerprint density at radius 3 is 2.89 bits per heavy atom. The zero-order valence-corrected chi connectivity index (χ0v) is 15.5. The van der Waals surface area contributed by atoms with Gasteiger partial charge in [-0.05, 0) is 30.0 Å². The van der Waals surface area contributed by atoms with Crippen LogP contribution in [-0.4, -0.2) is 48.8 Å². The molecule has 1 fully saturated rings. The first-order valence-electron chi connectivity index (χ1n) is 8.64. The SMILES string of the molecule is C=S(=O)(c1ccc(CNC(=O)c2cnc3nccn3c2)cc1)[C@H]1CCOC1. The van der Waals surface area contributed by atoms with Gasteiger partial charge in [0, 0.05) is 52.4 Å². The Morgan fingerprint density at radius 1 is 1.33 bits per heavy atom. The number of hydrogen-bond acceptors (Lipinski definition) is 5. The molecule has 1 unspecified atom stereocenters. The molecule has 1 aliphatic rings. The molecule has 1 N–H and O–H groups in total. The van der Waals surface area contributed by atoms with Crippen LogP contribution in [0.1, 0.15) is 22.3 Å². The first-order valence-corrected chi connectivity index (χ1v) is 10.4. The van der Waals surface area contributed by atoms with Crippen LogP contribution in [-0.2, 0) is 20.8 Å². The van der Waals surface area contributed by atoms with E-state index in [2.05, 4.69) is 21.2 Å². The van der Waals surface area contributed by atoms with Gasteiger partial charge in [-0.2, -0.15) is 0 Å². The Balaban J connectivity index is 1.41. The molecule has 0 bridgehead atoms. The average Bonchev–Trinajstić information content (AvgIpc) is 3.37. The van der Waals surface area contributed by atoms with Gasteiger partial charge in [-0.15, -0.1) is 0 Å². The van der Waals surface area contributed by atoms with Crippen molar-refractivity contribution in [3.8, 4) is 0 Å². The van der Waals surface area contributed by atoms with Crippen molar-refractivity contribution in [2.24, 2.45) is 0 Å². The number of imidazole rings is 1. The van der Waals surface area contributed by atoms with Gasteiger partial charge < -0.3 is 10.1 Å². The molecule has 1 amide bonds. The van der Waals surface area contributed by atoms with Gasteiger partial charge in [0.25, 0.3) is 5.91 Å². The van der Waals surface area contributed by atoms with E-state index in [0.717, 1.165) is 16.9 Å². The quantitative estimate of drug-likeness (QED) is 0.674. The fraction of sp³-hybridized carbons (Fsp3) is 0.263. The van der Waals surface area contributed by atoms with Crippen LogP contribution < -0.4 is 5.32 Å². The molecule has 140 valence electrons. The number of amides is 1. The van der Waals surface area contributed by atoms with E-state index < -0.39 is 9.52 Å². The number of carbonyl (C=O) groups is 1. The predicted octanol–water partition coefficient (Wildman–Crippen LogP) is 1.52. The number of fused-ring (bicyclic) bond motifs is 1. The van der Waals surface area contributed by atoms with Crippen molar-refractivity contribution in [1.82, 2.24) is 19.7 Å². The lowest BCUT2D eigenvalue weighted by atomic mass is 10.2. The third-order valence-corrected chi connectivity index (χ3v) is 7.23. The van der Waals surface area contributed by atoms with Crippen LogP contribution >= 0.6 is 0 Å². The van der Waals surface area contributed by atoms with Crippen molar-refractivity contribution in [3.63, 3.8) is 0 Å². The number of aromatic nitrogens is 3. The van der Waals surface area contributed by atoms with E-state index in [4.69, 9.17) is 4.74 Å². The Kier molecular flexibility index (Phi) is 4.67. The number of carbonyl (C=O) groups excluding carboxylic acids is 1. The maximum absolute atomic E-state index is 13.0. The molecular weight excluding hydrogens is 364 g/mol. The summed E-state index contributed by atoms with van der Waals surface area (Å²) in [7, 11) is -2.37. The van der Waals surface area contributed by atoms with Crippen molar-refractivity contribution in [2.45, 2.75) is 23.1 Å². The Labute approximate surface area is 157 Å². The lowest BCUT2D eigenvalue weighted by Crippen LogP contribution is -2.23. The minimum Gasteiger partial charge on any atom is -0.380 e. The number of nitrogens with one attached hydrogen (secondary N) is 1. The van der Waals surface area contributed by atoms with Gasteiger partial charge >= 0.3 is 0 Å². The molecule has 8 heteroatoms. The second-order valence-corrected chi connectivity index (χ2v) is 9.11. The standard InChI is InChI=1S/C19H20N4O3S/c1-27(25,17-6-9-26-13-17)16-4-2-14(3-5-16)10-21-18(24)15-11-22-19-20-7-8-23(19)12-15/h2-5,7-8,11-12,17H,1,6,9-10,13H2,(H,21,24)/t17-,27?/m0/s1. The molecule has 1 aromatic carbocycles. The molecule has 27 heavy (non-hydrogen) atoms. The molecule has 3 heterocycles. The van der Waals surface area contributed by atoms with Crippen molar-refractivity contribution in [1.29, 1.82) is 0 Å². The third-order valence-electron chi connectivity index (χ3n) is 4.71. The largest absolute Gasteiger partial charge is 0.380 e. The Morgan fingerprint density at radius 2 is 2.15 bits per heavy atom. The average molecular weight is 384 g/mol. The zero-order valence-electron chi connectivity index (χ0n) is 14.7. The summed E-state index contributed by atoms with van der Waals surface area (Å²) in [5.41, 5.74) is 1.38. The normalized spacial score (nSPS) is 19.0. The van der Waals surface area contributed by atoms with Crippen LogP contribution in [0.25, 0.3) is 5.78 Å². The first kappa shape index (κ1) is 17.7. The summed E-state index contributed by atoms with van der Waals surface area (Å²) in [5, 5.41) is 2.83. The molecule has 4 rings (SSSR count). The van der Waals surface area contributed by atoms with Gasteiger partial charge in [-0.25, -0.2) is 9.97 Å². The van der Waals surface area contributed by atoms with Crippen LogP contribution in [0.15, 0.2) is 53.9 Å². The number of ether oxygens (including phenoxy) is 1. The fourth-order valence-corrected chi connectivity index (χ4v) is 4.84. The van der Waals surface area contributed by atoms with E-state index in [1.54, 1.807) is 23.0 Å². The van der Waals surface area contributed by atoms with E-state index in [1.165, 1.54) is 6.20 Å². The molecule has 2 atom stereocenters. The minimum atomic E-state index is -2.37. The molecule has 0 spiro atoms. The Bertz CT molecular complexity index is 1070. The van der Waals surface area contributed by atoms with Crippen molar-refractivity contribution < 1.29 is 13.7 Å². The fourth-order valence-electron chi connectivity index (χ4n) is 3.06. The van der Waals surface area contributed by atoms with Gasteiger partial charge in [0.15, 0.2) is 0 Å². The van der Waals surface area contributed by atoms with Crippen LogP contribution in [0.3, 0.4) is 0 Å². The highest BCUT2D eigenvalue weighted by molar-refractivity contribution is 8.01. The molecule has 0 radical (unpaired) electrons. The van der Waals surface area contributed by atoms with E-state index in [9.17, 15) is 9.00 Å². The van der Waals surface area contributed by atoms with Crippen LogP contribution in [0.5, 0.6) is 0 Å². The summed E-state index contributed by atoms with van der Waals surface area (Å²) in [5.74, 6) is 4.28. The molecule has 2 aromatic heterocycles. The summed E-state index contributed by atoms with van der Waals surface area (Å²) in [6.45, 7) is 1.50. The van der Waals surface area contributed by atoms with Gasteiger partial charge in [0.05, 0.1) is 17.4 Å². The van der Waals surface area contributed by atoms with E-state index in [-0.39, 0.29) is 11.2 Å². The van der Waals surface area contributed by atoms with E-state index in [0.29, 0.717) is 31.1 Å². The topological polar surface area (TPSA) is 85.6 Å². The van der Waals surface area contributed by atoms with Crippen molar-refractivity contribution in [3.05, 3.63) is 60.2 Å². The second kappa shape index (κ2) is 7.13. The van der Waals surface area contributed by atoms with Gasteiger partial charge in [-0.3, -0.25) is 13.4 Å². The highest BCUT2D eigenvalue weighted by atomic mass is 32.2. The summed E-state index contributed by atoms with van der Waals surface area (Å²) in [4.78, 5) is 21.2. The molecule has 1 saturated heterocycles. The minimum absolute atomic E-state index is 0.0337. The monoisotopic (exact) mass is 384 g/mol. The molecular formula is C19H20N4O3S. The van der Waals surface area contributed by atoms with Crippen molar-refractivity contribution in [2.75, 3.05) is 13.2 Å². The summed E-state index contributed by atoms with van der Waals surface area (Å²) in [6, 6.07) is 7.39. The van der Waals surface area contributed by atoms with Gasteiger partial charge in [0.1, 0.15) is 0 Å². The second-order valence-electron chi connectivity index (χ2n) is 6.52. The number of nitrogens with zero attached hydrogens (tertiary/aromatic N) is 3. The predicted molar refractivity (Wildman–Crippen MR) is 103 cm³/mol. The Hall–Kier alpha value is -2.71. The maximum Gasteiger partial charge on any atom is 0.254 e. The van der Waals surface area contributed by atoms with Crippen LogP contribution in [0.2, 0.25) is 0 Å². The number of benzene rings is 1. The van der Waals surface area contributed by atoms with Crippen LogP contribution in [0, 0.1) is 0 Å². The maximum atomic E-state index is 13.0. The van der Waals surface area contributed by atoms with Crippen LogP contribution in [0.4, 0.5) is 0 Å². The molecule has 1 aliphatic heterocycles. The molecule has 7 nitrogen and oxygen atoms in total. The molecule has 0 saturated carbocycles. The summed E-state index contributed by atoms with van der Waals surface area (Å²) < 4.78 is 20.0. The smallest absolute Gasteiger partial charge is 0.254 e. The highest BCUT2D eigenvalue weighted by Crippen LogP contribution is 2.22. The summed E-state index contributed by atoms with van der Waals surface area (Å²) >= 11 is 0.